The number of amides is 1. The largest absolute Gasteiger partial charge is 0.416 e. The van der Waals surface area contributed by atoms with Crippen molar-refractivity contribution in [3.05, 3.63) is 63.5 Å². The minimum absolute atomic E-state index is 0.0370. The number of nitrogens with two attached hydrogens (primary N) is 1. The van der Waals surface area contributed by atoms with Crippen molar-refractivity contribution in [1.82, 2.24) is 9.78 Å². The molecular formula is C20H13ClF6N4O. The van der Waals surface area contributed by atoms with Gasteiger partial charge < -0.3 is 5.73 Å². The highest BCUT2D eigenvalue weighted by molar-refractivity contribution is 6.50. The number of rotatable bonds is 3. The van der Waals surface area contributed by atoms with E-state index < -0.39 is 35.1 Å². The predicted molar refractivity (Wildman–Crippen MR) is 102 cm³/mol. The van der Waals surface area contributed by atoms with Crippen molar-refractivity contribution in [2.75, 3.05) is 0 Å². The molecule has 0 fully saturated rings. The van der Waals surface area contributed by atoms with E-state index in [1.54, 1.807) is 6.07 Å². The molecular weight excluding hydrogens is 462 g/mol. The van der Waals surface area contributed by atoms with E-state index in [1.807, 2.05) is 0 Å². The fourth-order valence-electron chi connectivity index (χ4n) is 3.36. The van der Waals surface area contributed by atoms with E-state index in [0.29, 0.717) is 29.0 Å². The van der Waals surface area contributed by atoms with Crippen LogP contribution in [0, 0.1) is 18.3 Å². The van der Waals surface area contributed by atoms with Crippen molar-refractivity contribution in [1.29, 1.82) is 5.26 Å². The van der Waals surface area contributed by atoms with E-state index in [0.717, 1.165) is 4.68 Å². The van der Waals surface area contributed by atoms with Crippen LogP contribution in [0.25, 0.3) is 10.7 Å². The van der Waals surface area contributed by atoms with Crippen molar-refractivity contribution in [3.63, 3.8) is 0 Å². The Morgan fingerprint density at radius 1 is 1.16 bits per heavy atom. The molecule has 1 aromatic heterocycles. The smallest absolute Gasteiger partial charge is 0.365 e. The third-order valence-corrected chi connectivity index (χ3v) is 5.24. The number of hydrogen-bond acceptors (Lipinski definition) is 3. The van der Waals surface area contributed by atoms with E-state index in [1.165, 1.54) is 13.0 Å². The first kappa shape index (κ1) is 23.4. The van der Waals surface area contributed by atoms with Gasteiger partial charge in [-0.15, -0.1) is 0 Å². The number of carbonyl (C=O) groups is 1. The Kier molecular flexibility index (Phi) is 5.86. The maximum atomic E-state index is 13.2. The molecule has 0 atom stereocenters. The summed E-state index contributed by atoms with van der Waals surface area (Å²) in [6, 6.07) is 2.84. The number of alkyl halides is 6. The number of primary amides is 1. The minimum atomic E-state index is -5.00. The molecule has 0 spiro atoms. The highest BCUT2D eigenvalue weighted by Gasteiger charge is 2.37. The quantitative estimate of drug-likeness (QED) is 0.384. The lowest BCUT2D eigenvalue weighted by molar-refractivity contribution is -0.143. The molecule has 5 nitrogen and oxygen atoms in total. The molecule has 1 heterocycles. The lowest BCUT2D eigenvalue weighted by atomic mass is 9.94. The van der Waals surface area contributed by atoms with Crippen LogP contribution in [0.4, 0.5) is 26.3 Å². The number of nitrogens with zero attached hydrogens (tertiary/aromatic N) is 3. The number of aryl methyl sites for hydroxylation is 1. The van der Waals surface area contributed by atoms with Crippen molar-refractivity contribution in [2.45, 2.75) is 32.1 Å². The third kappa shape index (κ3) is 4.36. The standard InChI is InChI=1S/C20H13ClF6N4O/c1-9-16-15(3-2-10(17(16)21)4-11(8-28)18(29)32)31(30-9)14-6-12(19(22,23)24)5-13(7-14)20(25,26)27/h4-7H,2-3H2,1H3,(H2,29,32)/b11-4-. The van der Waals surface area contributed by atoms with Gasteiger partial charge in [0, 0.05) is 5.56 Å². The molecule has 1 aromatic carbocycles. The van der Waals surface area contributed by atoms with Gasteiger partial charge in [0.1, 0.15) is 11.6 Å². The number of benzene rings is 1. The molecule has 0 aliphatic heterocycles. The summed E-state index contributed by atoms with van der Waals surface area (Å²) in [7, 11) is 0. The summed E-state index contributed by atoms with van der Waals surface area (Å²) in [5.41, 5.74) is 2.64. The molecule has 32 heavy (non-hydrogen) atoms. The maximum Gasteiger partial charge on any atom is 0.416 e. The van der Waals surface area contributed by atoms with E-state index in [9.17, 15) is 31.1 Å². The topological polar surface area (TPSA) is 84.7 Å². The van der Waals surface area contributed by atoms with E-state index in [2.05, 4.69) is 5.10 Å². The van der Waals surface area contributed by atoms with Crippen molar-refractivity contribution >= 4 is 22.5 Å². The zero-order valence-electron chi connectivity index (χ0n) is 16.2. The second kappa shape index (κ2) is 8.02. The van der Waals surface area contributed by atoms with E-state index in [-0.39, 0.29) is 35.2 Å². The molecule has 0 saturated heterocycles. The summed E-state index contributed by atoms with van der Waals surface area (Å²) < 4.78 is 80.4. The van der Waals surface area contributed by atoms with Gasteiger partial charge in [0.05, 0.1) is 33.2 Å². The SMILES string of the molecule is Cc1nn(-c2cc(C(F)(F)F)cc(C(F)(F)F)c2)c2c1C(Cl)=C(/C=C(/C#N)C(N)=O)CC2. The van der Waals surface area contributed by atoms with Crippen LogP contribution in [0.15, 0.2) is 35.4 Å². The van der Waals surface area contributed by atoms with Crippen LogP contribution in [0.5, 0.6) is 0 Å². The zero-order chi connectivity index (χ0) is 24.0. The summed E-state index contributed by atoms with van der Waals surface area (Å²) in [6.07, 6.45) is -8.52. The summed E-state index contributed by atoms with van der Waals surface area (Å²) in [4.78, 5) is 11.3. The number of halogens is 7. The number of carbonyl (C=O) groups excluding carboxylic acids is 1. The van der Waals surface area contributed by atoms with E-state index in [4.69, 9.17) is 22.6 Å². The van der Waals surface area contributed by atoms with Crippen molar-refractivity contribution < 1.29 is 31.1 Å². The van der Waals surface area contributed by atoms with Crippen LogP contribution in [0.2, 0.25) is 0 Å². The summed E-state index contributed by atoms with van der Waals surface area (Å²) in [5.74, 6) is -0.966. The first-order valence-corrected chi connectivity index (χ1v) is 9.30. The van der Waals surface area contributed by atoms with Crippen LogP contribution >= 0.6 is 11.6 Å². The lowest BCUT2D eigenvalue weighted by Crippen LogP contribution is -2.15. The van der Waals surface area contributed by atoms with Crippen LogP contribution in [0.1, 0.15) is 34.5 Å². The monoisotopic (exact) mass is 474 g/mol. The van der Waals surface area contributed by atoms with Crippen LogP contribution < -0.4 is 5.73 Å². The minimum Gasteiger partial charge on any atom is -0.365 e. The Morgan fingerprint density at radius 3 is 2.19 bits per heavy atom. The normalized spacial score (nSPS) is 14.9. The van der Waals surface area contributed by atoms with Gasteiger partial charge in [0.15, 0.2) is 0 Å². The highest BCUT2D eigenvalue weighted by Crippen LogP contribution is 2.40. The zero-order valence-corrected chi connectivity index (χ0v) is 17.0. The van der Waals surface area contributed by atoms with Crippen LogP contribution in [-0.4, -0.2) is 15.7 Å². The highest BCUT2D eigenvalue weighted by atomic mass is 35.5. The fourth-order valence-corrected chi connectivity index (χ4v) is 3.75. The predicted octanol–water partition coefficient (Wildman–Crippen LogP) is 5.05. The second-order valence-electron chi connectivity index (χ2n) is 6.96. The Bertz CT molecular complexity index is 1180. The molecule has 1 aliphatic rings. The van der Waals surface area contributed by atoms with Gasteiger partial charge >= 0.3 is 12.4 Å². The van der Waals surface area contributed by atoms with Crippen molar-refractivity contribution in [3.8, 4) is 11.8 Å². The van der Waals surface area contributed by atoms with Gasteiger partial charge in [-0.1, -0.05) is 11.6 Å². The number of fused-ring (bicyclic) bond motifs is 1. The summed E-state index contributed by atoms with van der Waals surface area (Å²) in [6.45, 7) is 1.49. The molecule has 3 rings (SSSR count). The van der Waals surface area contributed by atoms with Crippen molar-refractivity contribution in [2.24, 2.45) is 5.73 Å². The average molecular weight is 475 g/mol. The van der Waals surface area contributed by atoms with Crippen LogP contribution in [-0.2, 0) is 23.6 Å². The summed E-state index contributed by atoms with van der Waals surface area (Å²) >= 11 is 6.39. The maximum absolute atomic E-state index is 13.2. The number of allylic oxidation sites excluding steroid dienone is 2. The second-order valence-corrected chi connectivity index (χ2v) is 7.33. The summed E-state index contributed by atoms with van der Waals surface area (Å²) in [5, 5.41) is 13.2. The van der Waals surface area contributed by atoms with E-state index >= 15 is 0 Å². The number of aromatic nitrogens is 2. The Balaban J connectivity index is 2.22. The Morgan fingerprint density at radius 2 is 1.72 bits per heavy atom. The molecule has 0 unspecified atom stereocenters. The number of hydrogen-bond donors (Lipinski definition) is 1. The van der Waals surface area contributed by atoms with Crippen LogP contribution in [0.3, 0.4) is 0 Å². The molecule has 12 heteroatoms. The molecule has 1 aliphatic carbocycles. The molecule has 1 amide bonds. The first-order chi connectivity index (χ1) is 14.7. The molecule has 168 valence electrons. The molecule has 0 radical (unpaired) electrons. The number of nitriles is 1. The Hall–Kier alpha value is -3.26. The van der Waals surface area contributed by atoms with Gasteiger partial charge in [0.25, 0.3) is 5.91 Å². The Labute approximate surface area is 182 Å². The first-order valence-electron chi connectivity index (χ1n) is 8.93. The molecule has 2 aromatic rings. The average Bonchev–Trinajstić information content (AvgIpc) is 3.02. The van der Waals surface area contributed by atoms with Gasteiger partial charge in [-0.25, -0.2) is 4.68 Å². The van der Waals surface area contributed by atoms with Gasteiger partial charge in [-0.2, -0.15) is 36.7 Å². The molecule has 0 bridgehead atoms. The van der Waals surface area contributed by atoms with Gasteiger partial charge in [-0.05, 0) is 49.6 Å². The van der Waals surface area contributed by atoms with Gasteiger partial charge in [-0.3, -0.25) is 4.79 Å². The molecule has 0 saturated carbocycles. The third-order valence-electron chi connectivity index (χ3n) is 4.81. The lowest BCUT2D eigenvalue weighted by Gasteiger charge is -2.19. The fraction of sp³-hybridized carbons (Fsp3) is 0.250. The van der Waals surface area contributed by atoms with Gasteiger partial charge in [0.2, 0.25) is 0 Å². The molecule has 2 N–H and O–H groups in total.